The topological polar surface area (TPSA) is 40.5 Å². The molecule has 2 N–H and O–H groups in total. The standard InChI is InChI=1S/C6H5F.2C6H6O/c3*7-6-4-2-1-3-5-6/h1-5H;2*1-5,7H. The van der Waals surface area contributed by atoms with Gasteiger partial charge in [0, 0.05) is 0 Å². The first-order valence-electron chi connectivity index (χ1n) is 6.37. The molecule has 0 atom stereocenters. The molecular weight excluding hydrogens is 267 g/mol. The van der Waals surface area contributed by atoms with Crippen LogP contribution in [0.2, 0.25) is 0 Å². The molecule has 0 aromatic heterocycles. The smallest absolute Gasteiger partial charge is 0.123 e. The summed E-state index contributed by atoms with van der Waals surface area (Å²) >= 11 is 0. The van der Waals surface area contributed by atoms with Gasteiger partial charge >= 0.3 is 0 Å². The van der Waals surface area contributed by atoms with E-state index in [1.54, 1.807) is 66.7 Å². The molecule has 0 unspecified atom stereocenters. The molecule has 0 fully saturated rings. The zero-order chi connectivity index (χ0) is 15.3. The summed E-state index contributed by atoms with van der Waals surface area (Å²) < 4.78 is 11.9. The van der Waals surface area contributed by atoms with Crippen LogP contribution in [-0.4, -0.2) is 10.2 Å². The number of hydrogen-bond acceptors (Lipinski definition) is 2. The zero-order valence-corrected chi connectivity index (χ0v) is 11.4. The predicted octanol–water partition coefficient (Wildman–Crippen LogP) is 4.61. The number of phenolic OH excluding ortho intramolecular Hbond substituents is 2. The molecule has 0 aliphatic rings. The predicted molar refractivity (Wildman–Crippen MR) is 82.6 cm³/mol. The van der Waals surface area contributed by atoms with Gasteiger partial charge in [-0.15, -0.1) is 0 Å². The third-order valence-corrected chi connectivity index (χ3v) is 2.25. The third kappa shape index (κ3) is 8.83. The van der Waals surface area contributed by atoms with Gasteiger partial charge in [0.15, 0.2) is 0 Å². The van der Waals surface area contributed by atoms with Crippen LogP contribution < -0.4 is 0 Å². The molecule has 0 heterocycles. The van der Waals surface area contributed by atoms with Crippen LogP contribution in [0.25, 0.3) is 0 Å². The number of benzene rings is 3. The van der Waals surface area contributed by atoms with Gasteiger partial charge in [0.25, 0.3) is 0 Å². The lowest BCUT2D eigenvalue weighted by Gasteiger charge is -1.82. The number of hydrogen-bond donors (Lipinski definition) is 2. The monoisotopic (exact) mass is 284 g/mol. The summed E-state index contributed by atoms with van der Waals surface area (Å²) in [5, 5.41) is 17.3. The van der Waals surface area contributed by atoms with E-state index in [-0.39, 0.29) is 5.82 Å². The van der Waals surface area contributed by atoms with Crippen LogP contribution in [0.1, 0.15) is 0 Å². The van der Waals surface area contributed by atoms with Gasteiger partial charge in [-0.25, -0.2) is 4.39 Å². The molecule has 0 radical (unpaired) electrons. The highest BCUT2D eigenvalue weighted by Crippen LogP contribution is 2.03. The molecule has 3 aromatic rings. The van der Waals surface area contributed by atoms with E-state index in [1.807, 2.05) is 12.1 Å². The summed E-state index contributed by atoms with van der Waals surface area (Å²) in [4.78, 5) is 0. The van der Waals surface area contributed by atoms with Crippen LogP contribution in [0.3, 0.4) is 0 Å². The number of para-hydroxylation sites is 2. The normalized spacial score (nSPS) is 8.62. The molecule has 0 aliphatic carbocycles. The molecule has 0 amide bonds. The van der Waals surface area contributed by atoms with Gasteiger partial charge < -0.3 is 10.2 Å². The van der Waals surface area contributed by atoms with Gasteiger partial charge in [-0.3, -0.25) is 0 Å². The van der Waals surface area contributed by atoms with Gasteiger partial charge in [0.05, 0.1) is 0 Å². The summed E-state index contributed by atoms with van der Waals surface area (Å²) in [5.74, 6) is 0.465. The molecule has 0 aliphatic heterocycles. The first-order chi connectivity index (χ1) is 10.2. The lowest BCUT2D eigenvalue weighted by Crippen LogP contribution is -1.63. The van der Waals surface area contributed by atoms with Crippen LogP contribution in [0.4, 0.5) is 4.39 Å². The molecule has 3 heteroatoms. The maximum atomic E-state index is 11.9. The fraction of sp³-hybridized carbons (Fsp3) is 0. The Morgan fingerprint density at radius 2 is 0.762 bits per heavy atom. The first-order valence-corrected chi connectivity index (χ1v) is 6.37. The maximum Gasteiger partial charge on any atom is 0.123 e. The van der Waals surface area contributed by atoms with E-state index < -0.39 is 0 Å². The molecule has 3 aromatic carbocycles. The van der Waals surface area contributed by atoms with Crippen molar-refractivity contribution in [2.75, 3.05) is 0 Å². The zero-order valence-electron chi connectivity index (χ0n) is 11.4. The maximum absolute atomic E-state index is 11.9. The molecule has 3 rings (SSSR count). The molecule has 2 nitrogen and oxygen atoms in total. The van der Waals surface area contributed by atoms with E-state index in [0.29, 0.717) is 11.5 Å². The molecule has 0 spiro atoms. The summed E-state index contributed by atoms with van der Waals surface area (Å²) in [6.45, 7) is 0. The van der Waals surface area contributed by atoms with Crippen molar-refractivity contribution in [1.29, 1.82) is 0 Å². The average molecular weight is 284 g/mol. The minimum absolute atomic E-state index is 0.178. The van der Waals surface area contributed by atoms with Crippen molar-refractivity contribution in [3.05, 3.63) is 96.8 Å². The average Bonchev–Trinajstić information content (AvgIpc) is 2.51. The second kappa shape index (κ2) is 10.0. The van der Waals surface area contributed by atoms with Crippen LogP contribution in [0.15, 0.2) is 91.0 Å². The Labute approximate surface area is 123 Å². The van der Waals surface area contributed by atoms with Crippen molar-refractivity contribution in [3.8, 4) is 11.5 Å². The second-order valence-electron chi connectivity index (χ2n) is 3.97. The highest BCUT2D eigenvalue weighted by atomic mass is 19.1. The highest BCUT2D eigenvalue weighted by molar-refractivity contribution is 5.19. The summed E-state index contributed by atoms with van der Waals surface area (Å²) in [6, 6.07) is 25.4. The lowest BCUT2D eigenvalue weighted by atomic mass is 10.3. The Hall–Kier alpha value is -2.81. The fourth-order valence-corrected chi connectivity index (χ4v) is 1.27. The van der Waals surface area contributed by atoms with Gasteiger partial charge in [0.1, 0.15) is 17.3 Å². The van der Waals surface area contributed by atoms with Crippen LogP contribution in [0.5, 0.6) is 11.5 Å². The van der Waals surface area contributed by atoms with Gasteiger partial charge in [-0.05, 0) is 36.4 Å². The molecule has 108 valence electrons. The SMILES string of the molecule is Fc1ccccc1.Oc1ccccc1.Oc1ccccc1. The summed E-state index contributed by atoms with van der Waals surface area (Å²) in [6.07, 6.45) is 0. The van der Waals surface area contributed by atoms with Crippen molar-refractivity contribution < 1.29 is 14.6 Å². The third-order valence-electron chi connectivity index (χ3n) is 2.25. The summed E-state index contributed by atoms with van der Waals surface area (Å²) in [5.41, 5.74) is 0. The van der Waals surface area contributed by atoms with Gasteiger partial charge in [-0.1, -0.05) is 54.6 Å². The van der Waals surface area contributed by atoms with E-state index >= 15 is 0 Å². The minimum Gasteiger partial charge on any atom is -0.508 e. The van der Waals surface area contributed by atoms with Crippen molar-refractivity contribution in [1.82, 2.24) is 0 Å². The van der Waals surface area contributed by atoms with E-state index in [4.69, 9.17) is 10.2 Å². The number of phenols is 2. The Kier molecular flexibility index (Phi) is 7.76. The molecule has 0 bridgehead atoms. The lowest BCUT2D eigenvalue weighted by molar-refractivity contribution is 0.475. The highest BCUT2D eigenvalue weighted by Gasteiger charge is 1.77. The number of rotatable bonds is 0. The second-order valence-corrected chi connectivity index (χ2v) is 3.97. The number of aromatic hydroxyl groups is 2. The van der Waals surface area contributed by atoms with Crippen molar-refractivity contribution >= 4 is 0 Å². The van der Waals surface area contributed by atoms with Crippen molar-refractivity contribution in [2.24, 2.45) is 0 Å². The minimum atomic E-state index is -0.178. The Bertz CT molecular complexity index is 494. The van der Waals surface area contributed by atoms with E-state index in [9.17, 15) is 4.39 Å². The molecule has 0 saturated heterocycles. The van der Waals surface area contributed by atoms with Crippen LogP contribution >= 0.6 is 0 Å². The van der Waals surface area contributed by atoms with Gasteiger partial charge in [0.2, 0.25) is 0 Å². The van der Waals surface area contributed by atoms with E-state index in [0.717, 1.165) is 0 Å². The van der Waals surface area contributed by atoms with Crippen molar-refractivity contribution in [2.45, 2.75) is 0 Å². The molecule has 0 saturated carbocycles. The van der Waals surface area contributed by atoms with E-state index in [2.05, 4.69) is 0 Å². The van der Waals surface area contributed by atoms with Crippen LogP contribution in [-0.2, 0) is 0 Å². The molecule has 21 heavy (non-hydrogen) atoms. The van der Waals surface area contributed by atoms with Gasteiger partial charge in [-0.2, -0.15) is 0 Å². The Morgan fingerprint density at radius 1 is 0.476 bits per heavy atom. The first kappa shape index (κ1) is 16.2. The van der Waals surface area contributed by atoms with Crippen molar-refractivity contribution in [3.63, 3.8) is 0 Å². The summed E-state index contributed by atoms with van der Waals surface area (Å²) in [7, 11) is 0. The largest absolute Gasteiger partial charge is 0.508 e. The Morgan fingerprint density at radius 3 is 0.905 bits per heavy atom. The quantitative estimate of drug-likeness (QED) is 0.633. The van der Waals surface area contributed by atoms with Crippen LogP contribution in [0, 0.1) is 5.82 Å². The number of halogens is 1. The van der Waals surface area contributed by atoms with E-state index in [1.165, 1.54) is 12.1 Å². The Balaban J connectivity index is 0.000000157. The molecular formula is C18H17FO2. The fourth-order valence-electron chi connectivity index (χ4n) is 1.27.